The highest BCUT2D eigenvalue weighted by molar-refractivity contribution is 8.00. The molecule has 1 aliphatic rings. The number of hydrogen-bond donors (Lipinski definition) is 1. The summed E-state index contributed by atoms with van der Waals surface area (Å²) in [5, 5.41) is 19.5. The highest BCUT2D eigenvalue weighted by Crippen LogP contribution is 2.42. The molecule has 0 bridgehead atoms. The second-order valence-corrected chi connectivity index (χ2v) is 5.73. The van der Waals surface area contributed by atoms with Crippen LogP contribution < -0.4 is 0 Å². The SMILES string of the molecule is N#CC1(C(O)c2ccc(SC(F)(F)F)cc2)CCOC1. The Balaban J connectivity index is 2.16. The van der Waals surface area contributed by atoms with Crippen molar-refractivity contribution in [2.24, 2.45) is 5.41 Å². The van der Waals surface area contributed by atoms with E-state index in [1.54, 1.807) is 0 Å². The Morgan fingerprint density at radius 2 is 2.00 bits per heavy atom. The molecule has 108 valence electrons. The quantitative estimate of drug-likeness (QED) is 0.871. The van der Waals surface area contributed by atoms with Crippen molar-refractivity contribution >= 4 is 11.8 Å². The van der Waals surface area contributed by atoms with Crippen molar-refractivity contribution in [2.45, 2.75) is 22.9 Å². The third-order valence-corrected chi connectivity index (χ3v) is 3.97. The molecule has 0 amide bonds. The number of halogens is 3. The molecule has 1 aliphatic heterocycles. The van der Waals surface area contributed by atoms with Gasteiger partial charge >= 0.3 is 5.51 Å². The standard InChI is InChI=1S/C13H12F3NO2S/c14-13(15,16)20-10-3-1-9(2-4-10)11(18)12(7-17)5-6-19-8-12/h1-4,11,18H,5-6,8H2. The lowest BCUT2D eigenvalue weighted by atomic mass is 9.80. The molecule has 3 nitrogen and oxygen atoms in total. The van der Waals surface area contributed by atoms with Gasteiger partial charge in [0.15, 0.2) is 0 Å². The van der Waals surface area contributed by atoms with Gasteiger partial charge in [-0.2, -0.15) is 18.4 Å². The van der Waals surface area contributed by atoms with E-state index in [4.69, 9.17) is 4.74 Å². The fraction of sp³-hybridized carbons (Fsp3) is 0.462. The van der Waals surface area contributed by atoms with Gasteiger partial charge in [0.2, 0.25) is 0 Å². The van der Waals surface area contributed by atoms with Crippen molar-refractivity contribution in [3.8, 4) is 6.07 Å². The molecule has 7 heteroatoms. The highest BCUT2D eigenvalue weighted by atomic mass is 32.2. The molecule has 0 saturated carbocycles. The number of ether oxygens (including phenoxy) is 1. The first kappa shape index (κ1) is 15.2. The monoisotopic (exact) mass is 303 g/mol. The molecule has 1 aromatic rings. The number of alkyl halides is 3. The lowest BCUT2D eigenvalue weighted by Gasteiger charge is -2.25. The predicted octanol–water partition coefficient (Wildman–Crippen LogP) is 3.26. The predicted molar refractivity (Wildman–Crippen MR) is 66.8 cm³/mol. The molecular formula is C13H12F3NO2S. The van der Waals surface area contributed by atoms with Gasteiger partial charge in [-0.05, 0) is 35.9 Å². The first-order valence-electron chi connectivity index (χ1n) is 5.89. The van der Waals surface area contributed by atoms with Crippen LogP contribution in [0.2, 0.25) is 0 Å². The maximum atomic E-state index is 12.2. The minimum atomic E-state index is -4.34. The first-order valence-corrected chi connectivity index (χ1v) is 6.71. The number of rotatable bonds is 3. The van der Waals surface area contributed by atoms with E-state index in [1.807, 2.05) is 0 Å². The van der Waals surface area contributed by atoms with Crippen molar-refractivity contribution < 1.29 is 23.0 Å². The minimum absolute atomic E-state index is 0.0436. The second-order valence-electron chi connectivity index (χ2n) is 4.59. The van der Waals surface area contributed by atoms with Crippen LogP contribution in [0.4, 0.5) is 13.2 Å². The molecule has 1 fully saturated rings. The van der Waals surface area contributed by atoms with E-state index < -0.39 is 17.0 Å². The molecule has 1 saturated heterocycles. The summed E-state index contributed by atoms with van der Waals surface area (Å²) in [7, 11) is 0. The molecule has 1 N–H and O–H groups in total. The van der Waals surface area contributed by atoms with Crippen LogP contribution in [0.15, 0.2) is 29.2 Å². The molecule has 0 spiro atoms. The summed E-state index contributed by atoms with van der Waals surface area (Å²) in [6.45, 7) is 0.524. The van der Waals surface area contributed by atoms with Gasteiger partial charge in [0.1, 0.15) is 5.41 Å². The maximum absolute atomic E-state index is 12.2. The summed E-state index contributed by atoms with van der Waals surface area (Å²) in [5.41, 5.74) is -4.94. The number of thioether (sulfide) groups is 1. The van der Waals surface area contributed by atoms with Crippen molar-refractivity contribution in [2.75, 3.05) is 13.2 Å². The van der Waals surface area contributed by atoms with Gasteiger partial charge in [-0.25, -0.2) is 0 Å². The Labute approximate surface area is 118 Å². The molecule has 1 heterocycles. The van der Waals surface area contributed by atoms with E-state index in [0.717, 1.165) is 0 Å². The molecule has 0 aliphatic carbocycles. The molecule has 0 aromatic heterocycles. The van der Waals surface area contributed by atoms with Crippen LogP contribution in [0.1, 0.15) is 18.1 Å². The van der Waals surface area contributed by atoms with Gasteiger partial charge in [0, 0.05) is 11.5 Å². The second kappa shape index (κ2) is 5.64. The summed E-state index contributed by atoms with van der Waals surface area (Å²) in [6.07, 6.45) is -0.663. The third kappa shape index (κ3) is 3.26. The van der Waals surface area contributed by atoms with Crippen LogP contribution in [-0.4, -0.2) is 23.8 Å². The summed E-state index contributed by atoms with van der Waals surface area (Å²) in [6, 6.07) is 7.47. The van der Waals surface area contributed by atoms with Crippen LogP contribution in [-0.2, 0) is 4.74 Å². The molecule has 2 atom stereocenters. The van der Waals surface area contributed by atoms with Gasteiger partial charge in [-0.3, -0.25) is 0 Å². The topological polar surface area (TPSA) is 53.2 Å². The third-order valence-electron chi connectivity index (χ3n) is 3.23. The van der Waals surface area contributed by atoms with E-state index in [0.29, 0.717) is 18.6 Å². The molecule has 20 heavy (non-hydrogen) atoms. The lowest BCUT2D eigenvalue weighted by Crippen LogP contribution is -2.27. The summed E-state index contributed by atoms with van der Waals surface area (Å²) < 4.78 is 41.8. The Hall–Kier alpha value is -1.23. The smallest absolute Gasteiger partial charge is 0.387 e. The zero-order valence-electron chi connectivity index (χ0n) is 10.4. The van der Waals surface area contributed by atoms with Gasteiger partial charge in [-0.15, -0.1) is 0 Å². The summed E-state index contributed by atoms with van der Waals surface area (Å²) in [5.74, 6) is 0. The number of benzene rings is 1. The van der Waals surface area contributed by atoms with Gasteiger partial charge < -0.3 is 9.84 Å². The van der Waals surface area contributed by atoms with E-state index >= 15 is 0 Å². The van der Waals surface area contributed by atoms with E-state index in [9.17, 15) is 23.5 Å². The van der Waals surface area contributed by atoms with E-state index in [2.05, 4.69) is 6.07 Å². The average molecular weight is 303 g/mol. The normalized spacial score (nSPS) is 24.4. The van der Waals surface area contributed by atoms with Gasteiger partial charge in [0.25, 0.3) is 0 Å². The lowest BCUT2D eigenvalue weighted by molar-refractivity contribution is -0.0328. The Morgan fingerprint density at radius 1 is 1.35 bits per heavy atom. The van der Waals surface area contributed by atoms with Crippen molar-refractivity contribution in [3.63, 3.8) is 0 Å². The molecule has 2 rings (SSSR count). The van der Waals surface area contributed by atoms with Crippen LogP contribution in [0.5, 0.6) is 0 Å². The largest absolute Gasteiger partial charge is 0.446 e. The van der Waals surface area contributed by atoms with Crippen molar-refractivity contribution in [3.05, 3.63) is 29.8 Å². The Bertz CT molecular complexity index is 504. The van der Waals surface area contributed by atoms with E-state index in [1.165, 1.54) is 24.3 Å². The first-order chi connectivity index (χ1) is 9.36. The molecule has 1 aromatic carbocycles. The van der Waals surface area contributed by atoms with Gasteiger partial charge in [0.05, 0.1) is 18.8 Å². The molecular weight excluding hydrogens is 291 g/mol. The number of aliphatic hydroxyl groups excluding tert-OH is 1. The van der Waals surface area contributed by atoms with Gasteiger partial charge in [-0.1, -0.05) is 12.1 Å². The highest BCUT2D eigenvalue weighted by Gasteiger charge is 2.43. The van der Waals surface area contributed by atoms with Crippen LogP contribution in [0, 0.1) is 16.7 Å². The summed E-state index contributed by atoms with van der Waals surface area (Å²) in [4.78, 5) is 0.0436. The van der Waals surface area contributed by atoms with Crippen molar-refractivity contribution in [1.82, 2.24) is 0 Å². The Kier molecular flexibility index (Phi) is 4.28. The fourth-order valence-corrected chi connectivity index (χ4v) is 2.66. The number of hydrogen-bond acceptors (Lipinski definition) is 4. The Morgan fingerprint density at radius 3 is 2.45 bits per heavy atom. The number of nitriles is 1. The maximum Gasteiger partial charge on any atom is 0.446 e. The van der Waals surface area contributed by atoms with Crippen LogP contribution >= 0.6 is 11.8 Å². The van der Waals surface area contributed by atoms with Crippen LogP contribution in [0.25, 0.3) is 0 Å². The summed E-state index contributed by atoms with van der Waals surface area (Å²) >= 11 is -0.213. The van der Waals surface area contributed by atoms with Crippen LogP contribution in [0.3, 0.4) is 0 Å². The number of nitrogens with zero attached hydrogens (tertiary/aromatic N) is 1. The molecule has 0 radical (unpaired) electrons. The fourth-order valence-electron chi connectivity index (χ4n) is 2.12. The average Bonchev–Trinajstić information content (AvgIpc) is 2.87. The minimum Gasteiger partial charge on any atom is -0.387 e. The number of aliphatic hydroxyl groups is 1. The van der Waals surface area contributed by atoms with Crippen molar-refractivity contribution in [1.29, 1.82) is 5.26 Å². The van der Waals surface area contributed by atoms with E-state index in [-0.39, 0.29) is 23.3 Å². The zero-order valence-corrected chi connectivity index (χ0v) is 11.2. The zero-order chi connectivity index (χ0) is 14.8. The molecule has 2 unspecified atom stereocenters.